The fourth-order valence-electron chi connectivity index (χ4n) is 2.26. The molecule has 0 aliphatic rings. The number of fused-ring (bicyclic) bond motifs is 1. The van der Waals surface area contributed by atoms with Gasteiger partial charge in [0.05, 0.1) is 0 Å². The van der Waals surface area contributed by atoms with E-state index in [0.29, 0.717) is 5.65 Å². The van der Waals surface area contributed by atoms with Crippen molar-refractivity contribution in [3.05, 3.63) is 76.2 Å². The van der Waals surface area contributed by atoms with Gasteiger partial charge in [-0.3, -0.25) is 4.79 Å². The van der Waals surface area contributed by atoms with Crippen LogP contribution in [-0.4, -0.2) is 9.97 Å². The van der Waals surface area contributed by atoms with Gasteiger partial charge in [-0.25, -0.2) is 4.98 Å². The van der Waals surface area contributed by atoms with Crippen LogP contribution in [0.3, 0.4) is 0 Å². The minimum Gasteiger partial charge on any atom is -0.307 e. The van der Waals surface area contributed by atoms with Crippen molar-refractivity contribution >= 4 is 11.0 Å². The van der Waals surface area contributed by atoms with E-state index in [2.05, 4.69) is 34.2 Å². The summed E-state index contributed by atoms with van der Waals surface area (Å²) in [5.41, 5.74) is 3.08. The molecule has 0 bridgehead atoms. The minimum atomic E-state index is -0.111. The van der Waals surface area contributed by atoms with Gasteiger partial charge in [0.2, 0.25) is 5.56 Å². The van der Waals surface area contributed by atoms with E-state index in [1.165, 1.54) is 11.1 Å². The summed E-state index contributed by atoms with van der Waals surface area (Å²) in [6, 6.07) is 15.8. The normalized spacial score (nSPS) is 10.7. The molecule has 0 fully saturated rings. The number of aromatic amines is 1. The van der Waals surface area contributed by atoms with Crippen LogP contribution in [0, 0.1) is 0 Å². The summed E-state index contributed by atoms with van der Waals surface area (Å²) in [4.78, 5) is 18.2. The summed E-state index contributed by atoms with van der Waals surface area (Å²) >= 11 is 0. The molecule has 0 aliphatic carbocycles. The van der Waals surface area contributed by atoms with E-state index >= 15 is 0 Å². The van der Waals surface area contributed by atoms with Crippen LogP contribution >= 0.6 is 0 Å². The molecule has 2 aromatic heterocycles. The number of hydrogen-bond donors (Lipinski definition) is 1. The van der Waals surface area contributed by atoms with Gasteiger partial charge in [-0.15, -0.1) is 0 Å². The average Bonchev–Trinajstić information content (AvgIpc) is 2.45. The quantitative estimate of drug-likeness (QED) is 0.776. The van der Waals surface area contributed by atoms with Crippen LogP contribution in [0.15, 0.2) is 59.5 Å². The van der Waals surface area contributed by atoms with E-state index in [0.717, 1.165) is 18.2 Å². The van der Waals surface area contributed by atoms with E-state index < -0.39 is 0 Å². The minimum absolute atomic E-state index is 0.111. The number of pyridine rings is 2. The van der Waals surface area contributed by atoms with E-state index in [9.17, 15) is 4.79 Å². The number of rotatable bonds is 3. The molecule has 0 saturated carbocycles. The van der Waals surface area contributed by atoms with Crippen molar-refractivity contribution in [2.45, 2.75) is 12.8 Å². The van der Waals surface area contributed by atoms with Crippen LogP contribution < -0.4 is 5.56 Å². The SMILES string of the molecule is O=c1ccc2c(CCc3ccccc3)ccnc2[nH]1. The first-order valence-electron chi connectivity index (χ1n) is 6.34. The van der Waals surface area contributed by atoms with Gasteiger partial charge in [0, 0.05) is 17.6 Å². The predicted molar refractivity (Wildman–Crippen MR) is 76.2 cm³/mol. The zero-order chi connectivity index (χ0) is 13.1. The Bertz CT molecular complexity index is 747. The Kier molecular flexibility index (Phi) is 3.11. The lowest BCUT2D eigenvalue weighted by molar-refractivity contribution is 0.965. The van der Waals surface area contributed by atoms with Crippen molar-refractivity contribution in [2.24, 2.45) is 0 Å². The summed E-state index contributed by atoms with van der Waals surface area (Å²) in [6.07, 6.45) is 3.67. The molecular weight excluding hydrogens is 236 g/mol. The van der Waals surface area contributed by atoms with E-state index in [4.69, 9.17) is 0 Å². The third-order valence-corrected chi connectivity index (χ3v) is 3.25. The van der Waals surface area contributed by atoms with Gasteiger partial charge in [-0.1, -0.05) is 30.3 Å². The molecule has 0 spiro atoms. The molecule has 0 amide bonds. The molecule has 0 saturated heterocycles. The third-order valence-electron chi connectivity index (χ3n) is 3.25. The van der Waals surface area contributed by atoms with Gasteiger partial charge < -0.3 is 4.98 Å². The number of aryl methyl sites for hydroxylation is 2. The molecule has 0 atom stereocenters. The van der Waals surface area contributed by atoms with Gasteiger partial charge in [0.15, 0.2) is 0 Å². The molecule has 19 heavy (non-hydrogen) atoms. The van der Waals surface area contributed by atoms with Crippen LogP contribution in [0.1, 0.15) is 11.1 Å². The number of hydrogen-bond acceptors (Lipinski definition) is 2. The van der Waals surface area contributed by atoms with Gasteiger partial charge in [0.25, 0.3) is 0 Å². The molecule has 1 N–H and O–H groups in total. The predicted octanol–water partition coefficient (Wildman–Crippen LogP) is 2.71. The van der Waals surface area contributed by atoms with Gasteiger partial charge in [0.1, 0.15) is 5.65 Å². The lowest BCUT2D eigenvalue weighted by Crippen LogP contribution is -2.05. The summed E-state index contributed by atoms with van der Waals surface area (Å²) < 4.78 is 0. The Hall–Kier alpha value is -2.42. The van der Waals surface area contributed by atoms with Crippen molar-refractivity contribution in [3.8, 4) is 0 Å². The summed E-state index contributed by atoms with van der Waals surface area (Å²) in [7, 11) is 0. The zero-order valence-corrected chi connectivity index (χ0v) is 10.5. The number of H-pyrrole nitrogens is 1. The van der Waals surface area contributed by atoms with Crippen molar-refractivity contribution in [2.75, 3.05) is 0 Å². The molecule has 3 nitrogen and oxygen atoms in total. The van der Waals surface area contributed by atoms with Crippen LogP contribution in [0.5, 0.6) is 0 Å². The highest BCUT2D eigenvalue weighted by Gasteiger charge is 2.03. The first-order valence-corrected chi connectivity index (χ1v) is 6.34. The van der Waals surface area contributed by atoms with E-state index in [1.807, 2.05) is 18.2 Å². The maximum absolute atomic E-state index is 11.3. The van der Waals surface area contributed by atoms with Crippen LogP contribution in [-0.2, 0) is 12.8 Å². The fraction of sp³-hybridized carbons (Fsp3) is 0.125. The molecule has 0 radical (unpaired) electrons. The van der Waals surface area contributed by atoms with Crippen molar-refractivity contribution in [1.29, 1.82) is 0 Å². The standard InChI is InChI=1S/C16H14N2O/c19-15-9-8-14-13(10-11-17-16(14)18-15)7-6-12-4-2-1-3-5-12/h1-5,8-11H,6-7H2,(H,17,18,19). The first-order chi connectivity index (χ1) is 9.33. The molecule has 0 unspecified atom stereocenters. The number of nitrogens with one attached hydrogen (secondary N) is 1. The smallest absolute Gasteiger partial charge is 0.249 e. The van der Waals surface area contributed by atoms with Gasteiger partial charge >= 0.3 is 0 Å². The number of nitrogens with zero attached hydrogens (tertiary/aromatic N) is 1. The highest BCUT2D eigenvalue weighted by molar-refractivity contribution is 5.78. The Balaban J connectivity index is 1.91. The lowest BCUT2D eigenvalue weighted by atomic mass is 10.0. The second-order valence-electron chi connectivity index (χ2n) is 4.54. The monoisotopic (exact) mass is 250 g/mol. The highest BCUT2D eigenvalue weighted by Crippen LogP contribution is 2.15. The molecule has 3 rings (SSSR count). The van der Waals surface area contributed by atoms with Crippen molar-refractivity contribution in [1.82, 2.24) is 9.97 Å². The van der Waals surface area contributed by atoms with Gasteiger partial charge in [-0.2, -0.15) is 0 Å². The lowest BCUT2D eigenvalue weighted by Gasteiger charge is -2.05. The van der Waals surface area contributed by atoms with Crippen LogP contribution in [0.4, 0.5) is 0 Å². The van der Waals surface area contributed by atoms with E-state index in [-0.39, 0.29) is 5.56 Å². The molecule has 3 heteroatoms. The fourth-order valence-corrected chi connectivity index (χ4v) is 2.26. The first kappa shape index (κ1) is 11.7. The Morgan fingerprint density at radius 1 is 0.947 bits per heavy atom. The maximum Gasteiger partial charge on any atom is 0.249 e. The molecule has 3 aromatic rings. The summed E-state index contributed by atoms with van der Waals surface area (Å²) in [5.74, 6) is 0. The number of aromatic nitrogens is 2. The molecule has 94 valence electrons. The van der Waals surface area contributed by atoms with Crippen LogP contribution in [0.25, 0.3) is 11.0 Å². The average molecular weight is 250 g/mol. The van der Waals surface area contributed by atoms with Crippen molar-refractivity contribution < 1.29 is 0 Å². The topological polar surface area (TPSA) is 45.8 Å². The van der Waals surface area contributed by atoms with Crippen molar-refractivity contribution in [3.63, 3.8) is 0 Å². The largest absolute Gasteiger partial charge is 0.307 e. The Morgan fingerprint density at radius 2 is 1.79 bits per heavy atom. The Morgan fingerprint density at radius 3 is 2.63 bits per heavy atom. The van der Waals surface area contributed by atoms with Gasteiger partial charge in [-0.05, 0) is 36.1 Å². The third kappa shape index (κ3) is 2.55. The second kappa shape index (κ2) is 5.06. The Labute approximate surface area is 111 Å². The highest BCUT2D eigenvalue weighted by atomic mass is 16.1. The summed E-state index contributed by atoms with van der Waals surface area (Å²) in [6.45, 7) is 0. The molecular formula is C16H14N2O. The summed E-state index contributed by atoms with van der Waals surface area (Å²) in [5, 5.41) is 1.03. The molecule has 2 heterocycles. The zero-order valence-electron chi connectivity index (χ0n) is 10.5. The molecule has 1 aromatic carbocycles. The molecule has 0 aliphatic heterocycles. The van der Waals surface area contributed by atoms with Crippen LogP contribution in [0.2, 0.25) is 0 Å². The second-order valence-corrected chi connectivity index (χ2v) is 4.54. The number of benzene rings is 1. The van der Waals surface area contributed by atoms with E-state index in [1.54, 1.807) is 12.3 Å². The maximum atomic E-state index is 11.3.